The summed E-state index contributed by atoms with van der Waals surface area (Å²) in [5, 5.41) is 6.20. The molecule has 0 N–H and O–H groups in total. The van der Waals surface area contributed by atoms with Crippen LogP contribution in [0.25, 0.3) is 111 Å². The van der Waals surface area contributed by atoms with Gasteiger partial charge in [-0.15, -0.1) is 0 Å². The van der Waals surface area contributed by atoms with Crippen LogP contribution in [0.5, 0.6) is 0 Å². The van der Waals surface area contributed by atoms with E-state index in [9.17, 15) is 0 Å². The van der Waals surface area contributed by atoms with Crippen molar-refractivity contribution in [2.75, 3.05) is 0 Å². The van der Waals surface area contributed by atoms with Crippen molar-refractivity contribution in [3.8, 4) is 56.4 Å². The van der Waals surface area contributed by atoms with E-state index in [-0.39, 0.29) is 0 Å². The second kappa shape index (κ2) is 9.44. The third kappa shape index (κ3) is 3.46. The van der Waals surface area contributed by atoms with Crippen LogP contribution in [0.3, 0.4) is 0 Å². The quantitative estimate of drug-likeness (QED) is 0.197. The van der Waals surface area contributed by atoms with Crippen LogP contribution in [-0.4, -0.2) is 19.9 Å². The molecular formula is C42H22N4O2. The number of fused-ring (bicyclic) bond motifs is 9. The molecule has 0 fully saturated rings. The zero-order valence-corrected chi connectivity index (χ0v) is 25.3. The van der Waals surface area contributed by atoms with Gasteiger partial charge in [-0.05, 0) is 57.3 Å². The van der Waals surface area contributed by atoms with E-state index in [0.29, 0.717) is 23.1 Å². The zero-order chi connectivity index (χ0) is 31.3. The van der Waals surface area contributed by atoms with Crippen molar-refractivity contribution in [2.45, 2.75) is 0 Å². The van der Waals surface area contributed by atoms with E-state index >= 15 is 0 Å². The molecule has 0 saturated heterocycles. The maximum absolute atomic E-state index is 6.27. The Hall–Kier alpha value is -6.66. The number of aromatic nitrogens is 4. The average molecular weight is 615 g/mol. The van der Waals surface area contributed by atoms with Crippen molar-refractivity contribution in [1.82, 2.24) is 19.9 Å². The summed E-state index contributed by atoms with van der Waals surface area (Å²) in [7, 11) is 0. The molecule has 0 unspecified atom stereocenters. The third-order valence-corrected chi connectivity index (χ3v) is 9.60. The van der Waals surface area contributed by atoms with Crippen LogP contribution < -0.4 is 0 Å². The molecule has 0 radical (unpaired) electrons. The largest absolute Gasteiger partial charge is 0.456 e. The summed E-state index contributed by atoms with van der Waals surface area (Å²) >= 11 is 0. The monoisotopic (exact) mass is 614 g/mol. The minimum atomic E-state index is 0.524. The lowest BCUT2D eigenvalue weighted by Gasteiger charge is -2.12. The summed E-state index contributed by atoms with van der Waals surface area (Å²) in [4.78, 5) is 20.2. The zero-order valence-electron chi connectivity index (χ0n) is 25.3. The Balaban J connectivity index is 1.24. The molecule has 11 rings (SSSR count). The van der Waals surface area contributed by atoms with E-state index in [2.05, 4.69) is 77.8 Å². The predicted molar refractivity (Wildman–Crippen MR) is 190 cm³/mol. The molecule has 10 aromatic rings. The van der Waals surface area contributed by atoms with Gasteiger partial charge in [-0.3, -0.25) is 4.98 Å². The first-order chi connectivity index (χ1) is 23.8. The molecule has 0 saturated carbocycles. The summed E-state index contributed by atoms with van der Waals surface area (Å²) in [5.74, 6) is 1.67. The predicted octanol–water partition coefficient (Wildman–Crippen LogP) is 10.9. The molecular weight excluding hydrogens is 592 g/mol. The van der Waals surface area contributed by atoms with Crippen LogP contribution in [0.15, 0.2) is 143 Å². The Morgan fingerprint density at radius 3 is 1.58 bits per heavy atom. The van der Waals surface area contributed by atoms with Gasteiger partial charge < -0.3 is 8.83 Å². The van der Waals surface area contributed by atoms with Crippen molar-refractivity contribution in [3.05, 3.63) is 134 Å². The molecule has 6 heteroatoms. The third-order valence-electron chi connectivity index (χ3n) is 9.60. The number of hydrogen-bond acceptors (Lipinski definition) is 6. The fraction of sp³-hybridized carbons (Fsp3) is 0. The average Bonchev–Trinajstić information content (AvgIpc) is 3.82. The smallest absolute Gasteiger partial charge is 0.166 e. The highest BCUT2D eigenvalue weighted by atomic mass is 16.3. The van der Waals surface area contributed by atoms with Crippen molar-refractivity contribution >= 4 is 54.6 Å². The molecule has 6 nitrogen and oxygen atoms in total. The van der Waals surface area contributed by atoms with E-state index in [0.717, 1.165) is 60.4 Å². The van der Waals surface area contributed by atoms with Gasteiger partial charge in [-0.1, -0.05) is 97.1 Å². The van der Waals surface area contributed by atoms with Gasteiger partial charge in [-0.25, -0.2) is 15.0 Å². The lowest BCUT2D eigenvalue weighted by molar-refractivity contribution is 0.667. The lowest BCUT2D eigenvalue weighted by Crippen LogP contribution is -2.01. The van der Waals surface area contributed by atoms with Crippen LogP contribution in [-0.2, 0) is 0 Å². The van der Waals surface area contributed by atoms with Crippen LogP contribution in [0.2, 0.25) is 0 Å². The molecule has 48 heavy (non-hydrogen) atoms. The first-order valence-electron chi connectivity index (χ1n) is 15.9. The number of para-hydroxylation sites is 2. The van der Waals surface area contributed by atoms with E-state index in [1.54, 1.807) is 6.20 Å². The van der Waals surface area contributed by atoms with Gasteiger partial charge in [0.15, 0.2) is 23.1 Å². The van der Waals surface area contributed by atoms with Gasteiger partial charge in [0.25, 0.3) is 0 Å². The number of pyridine rings is 1. The summed E-state index contributed by atoms with van der Waals surface area (Å²) in [6.07, 6.45) is 3.58. The highest BCUT2D eigenvalue weighted by Gasteiger charge is 2.25. The molecule has 0 atom stereocenters. The number of nitrogens with zero attached hydrogens (tertiary/aromatic N) is 4. The van der Waals surface area contributed by atoms with Crippen molar-refractivity contribution in [2.24, 2.45) is 0 Å². The van der Waals surface area contributed by atoms with Crippen molar-refractivity contribution < 1.29 is 8.83 Å². The molecule has 222 valence electrons. The van der Waals surface area contributed by atoms with E-state index in [1.807, 2.05) is 54.7 Å². The van der Waals surface area contributed by atoms with Crippen LogP contribution in [0.1, 0.15) is 0 Å². The van der Waals surface area contributed by atoms with Crippen molar-refractivity contribution in [1.29, 1.82) is 0 Å². The summed E-state index contributed by atoms with van der Waals surface area (Å²) in [5.41, 5.74) is 10.6. The first-order valence-corrected chi connectivity index (χ1v) is 15.9. The van der Waals surface area contributed by atoms with Gasteiger partial charge in [0, 0.05) is 44.4 Å². The fourth-order valence-electron chi connectivity index (χ4n) is 7.55. The molecule has 4 heterocycles. The number of benzene rings is 6. The van der Waals surface area contributed by atoms with Crippen LogP contribution >= 0.6 is 0 Å². The van der Waals surface area contributed by atoms with Gasteiger partial charge >= 0.3 is 0 Å². The minimum Gasteiger partial charge on any atom is -0.456 e. The Morgan fingerprint density at radius 2 is 0.812 bits per heavy atom. The highest BCUT2D eigenvalue weighted by molar-refractivity contribution is 6.19. The Labute approximate surface area is 273 Å². The van der Waals surface area contributed by atoms with E-state index < -0.39 is 0 Å². The molecule has 0 amide bonds. The fourth-order valence-corrected chi connectivity index (χ4v) is 7.55. The maximum Gasteiger partial charge on any atom is 0.166 e. The lowest BCUT2D eigenvalue weighted by atomic mass is 9.98. The Bertz CT molecular complexity index is 2810. The van der Waals surface area contributed by atoms with Gasteiger partial charge in [0.2, 0.25) is 0 Å². The summed E-state index contributed by atoms with van der Waals surface area (Å²) in [6.45, 7) is 0. The highest BCUT2D eigenvalue weighted by Crippen LogP contribution is 2.49. The summed E-state index contributed by atoms with van der Waals surface area (Å²) < 4.78 is 12.5. The molecule has 0 spiro atoms. The standard InChI is InChI=1S/C42H22N4O2/c1-2-10-24-23(9-1)25-13-7-14-26-28(20-19-27(24)37(25)26)40-44-41(31-15-8-18-35-38(31)29-11-3-5-16-33(29)47-35)46-42(45-40)32-21-43-22-36-39(32)30-12-4-6-17-34(30)48-36/h1-22H. The SMILES string of the molecule is c1ccc2c(c1)-c1cccc3c(-c4nc(-c5cccc6oc7ccccc7c56)nc(-c5cncc6oc7ccccc7c56)n4)ccc-2c13. The second-order valence-electron chi connectivity index (χ2n) is 12.2. The minimum absolute atomic E-state index is 0.524. The normalized spacial score (nSPS) is 12.2. The maximum atomic E-state index is 6.27. The van der Waals surface area contributed by atoms with Gasteiger partial charge in [0.1, 0.15) is 16.7 Å². The molecule has 1 aliphatic rings. The van der Waals surface area contributed by atoms with Gasteiger partial charge in [-0.2, -0.15) is 0 Å². The Kier molecular flexibility index (Phi) is 5.02. The number of rotatable bonds is 3. The van der Waals surface area contributed by atoms with Gasteiger partial charge in [0.05, 0.1) is 6.20 Å². The summed E-state index contributed by atoms with van der Waals surface area (Å²) in [6, 6.07) is 41.6. The number of furan rings is 2. The topological polar surface area (TPSA) is 77.8 Å². The van der Waals surface area contributed by atoms with Crippen LogP contribution in [0, 0.1) is 0 Å². The van der Waals surface area contributed by atoms with E-state index in [4.69, 9.17) is 23.8 Å². The first kappa shape index (κ1) is 25.5. The molecule has 0 bridgehead atoms. The number of hydrogen-bond donors (Lipinski definition) is 0. The second-order valence-corrected chi connectivity index (χ2v) is 12.2. The Morgan fingerprint density at radius 1 is 0.312 bits per heavy atom. The molecule has 1 aliphatic carbocycles. The van der Waals surface area contributed by atoms with Crippen LogP contribution in [0.4, 0.5) is 0 Å². The molecule has 6 aromatic carbocycles. The van der Waals surface area contributed by atoms with E-state index in [1.165, 1.54) is 27.6 Å². The molecule has 0 aliphatic heterocycles. The van der Waals surface area contributed by atoms with Crippen molar-refractivity contribution in [3.63, 3.8) is 0 Å². The molecule has 4 aromatic heterocycles.